The van der Waals surface area contributed by atoms with Gasteiger partial charge in [0.1, 0.15) is 5.82 Å². The van der Waals surface area contributed by atoms with Crippen molar-refractivity contribution in [1.29, 1.82) is 0 Å². The number of nitrogen functional groups attached to an aromatic ring is 1. The fraction of sp³-hybridized carbons (Fsp3) is 0.517. The third-order valence-corrected chi connectivity index (χ3v) is 8.91. The van der Waals surface area contributed by atoms with E-state index in [0.29, 0.717) is 42.0 Å². The summed E-state index contributed by atoms with van der Waals surface area (Å²) in [5, 5.41) is 3.92. The number of carbonyl (C=O) groups excluding carboxylic acids is 2. The van der Waals surface area contributed by atoms with E-state index < -0.39 is 11.8 Å². The highest BCUT2D eigenvalue weighted by atomic mass is 32.1. The Labute approximate surface area is 229 Å². The zero-order valence-electron chi connectivity index (χ0n) is 23.2. The van der Waals surface area contributed by atoms with Crippen molar-refractivity contribution in [2.24, 2.45) is 5.92 Å². The minimum absolute atomic E-state index is 0.308. The molecule has 2 fully saturated rings. The molecule has 2 aliphatic heterocycles. The largest absolute Gasteiger partial charge is 0.383 e. The molecule has 38 heavy (non-hydrogen) atoms. The van der Waals surface area contributed by atoms with Crippen LogP contribution in [0.3, 0.4) is 0 Å². The van der Waals surface area contributed by atoms with Gasteiger partial charge in [0, 0.05) is 31.1 Å². The summed E-state index contributed by atoms with van der Waals surface area (Å²) in [6.07, 6.45) is 5.46. The number of nitrogens with two attached hydrogens (primary N) is 1. The normalized spacial score (nSPS) is 21.1. The molecule has 2 aromatic heterocycles. The number of piperidine rings is 1. The number of thiazole rings is 1. The van der Waals surface area contributed by atoms with E-state index in [4.69, 9.17) is 10.7 Å². The molecule has 9 heteroatoms. The molecule has 0 radical (unpaired) electrons. The Morgan fingerprint density at radius 1 is 1.24 bits per heavy atom. The first-order valence-corrected chi connectivity index (χ1v) is 14.3. The maximum absolute atomic E-state index is 12.1. The highest BCUT2D eigenvalue weighted by molar-refractivity contribution is 7.18. The van der Waals surface area contributed by atoms with Crippen LogP contribution in [-0.4, -0.2) is 63.8 Å². The monoisotopic (exact) mass is 536 g/mol. The number of para-hydroxylation sites is 1. The van der Waals surface area contributed by atoms with E-state index in [9.17, 15) is 9.59 Å². The molecule has 0 spiro atoms. The molecule has 5 rings (SSSR count). The van der Waals surface area contributed by atoms with Crippen LogP contribution in [0.2, 0.25) is 0 Å². The van der Waals surface area contributed by atoms with Gasteiger partial charge in [-0.2, -0.15) is 0 Å². The Balaban J connectivity index is 0.000000180. The summed E-state index contributed by atoms with van der Waals surface area (Å²) in [5.41, 5.74) is 8.54. The lowest BCUT2D eigenvalue weighted by molar-refractivity contribution is -0.144. The number of aryl methyl sites for hydroxylation is 1. The average Bonchev–Trinajstić information content (AvgIpc) is 3.45. The molecule has 2 atom stereocenters. The van der Waals surface area contributed by atoms with E-state index in [-0.39, 0.29) is 0 Å². The molecular weight excluding hydrogens is 496 g/mol. The summed E-state index contributed by atoms with van der Waals surface area (Å²) in [5.74, 6) is 0.411. The fourth-order valence-corrected chi connectivity index (χ4v) is 6.26. The first-order chi connectivity index (χ1) is 18.1. The molecule has 2 unspecified atom stereocenters. The molecule has 3 N–H and O–H groups in total. The standard InChI is InChI=1S/C15H22N4O2.C14H18N2S/c1-3-11-7-12(8-17-13(11)16)18-14(20)15(21)19-6-4-5-10(2)9-19;1-14(2)8-10(9-16(14)3)13-15-11-6-4-5-7-12(11)17-13/h7-8,10H,3-6,9H2,1-2H3,(H2,16,17)(H,18,20);4-7,10H,8-9H2,1-3H3. The smallest absolute Gasteiger partial charge is 0.313 e. The zero-order chi connectivity index (χ0) is 27.4. The highest BCUT2D eigenvalue weighted by Crippen LogP contribution is 2.39. The van der Waals surface area contributed by atoms with Crippen LogP contribution in [0.5, 0.6) is 0 Å². The first kappa shape index (κ1) is 28.0. The molecule has 2 saturated heterocycles. The number of amides is 2. The highest BCUT2D eigenvalue weighted by Gasteiger charge is 2.37. The summed E-state index contributed by atoms with van der Waals surface area (Å²) >= 11 is 1.86. The summed E-state index contributed by atoms with van der Waals surface area (Å²) in [6, 6.07) is 10.2. The molecule has 0 bridgehead atoms. The molecule has 204 valence electrons. The van der Waals surface area contributed by atoms with Crippen molar-refractivity contribution < 1.29 is 9.59 Å². The average molecular weight is 537 g/mol. The van der Waals surface area contributed by atoms with E-state index in [1.54, 1.807) is 11.0 Å². The molecule has 4 heterocycles. The summed E-state index contributed by atoms with van der Waals surface area (Å²) in [6.45, 7) is 11.1. The number of hydrogen-bond donors (Lipinski definition) is 2. The van der Waals surface area contributed by atoms with Crippen LogP contribution in [0.15, 0.2) is 36.5 Å². The number of hydrogen-bond acceptors (Lipinski definition) is 7. The minimum atomic E-state index is -0.613. The summed E-state index contributed by atoms with van der Waals surface area (Å²) in [7, 11) is 2.22. The predicted octanol–water partition coefficient (Wildman–Crippen LogP) is 4.92. The van der Waals surface area contributed by atoms with Crippen molar-refractivity contribution in [3.05, 3.63) is 47.1 Å². The number of rotatable bonds is 3. The van der Waals surface area contributed by atoms with Crippen LogP contribution in [-0.2, 0) is 16.0 Å². The number of fused-ring (bicyclic) bond motifs is 1. The lowest BCUT2D eigenvalue weighted by atomic mass is 9.97. The van der Waals surface area contributed by atoms with Gasteiger partial charge in [-0.3, -0.25) is 9.59 Å². The maximum Gasteiger partial charge on any atom is 0.313 e. The van der Waals surface area contributed by atoms with Gasteiger partial charge in [0.25, 0.3) is 0 Å². The number of likely N-dealkylation sites (tertiary alicyclic amines) is 2. The number of aromatic nitrogens is 2. The number of pyridine rings is 1. The van der Waals surface area contributed by atoms with Crippen LogP contribution < -0.4 is 11.1 Å². The molecule has 0 aliphatic carbocycles. The van der Waals surface area contributed by atoms with Crippen molar-refractivity contribution in [3.8, 4) is 0 Å². The van der Waals surface area contributed by atoms with E-state index in [1.807, 2.05) is 18.3 Å². The Hall–Kier alpha value is -3.04. The molecule has 1 aromatic carbocycles. The quantitative estimate of drug-likeness (QED) is 0.461. The molecule has 0 saturated carbocycles. The maximum atomic E-state index is 12.1. The van der Waals surface area contributed by atoms with Crippen LogP contribution in [0.1, 0.15) is 63.4 Å². The molecule has 8 nitrogen and oxygen atoms in total. The van der Waals surface area contributed by atoms with Gasteiger partial charge in [-0.1, -0.05) is 26.0 Å². The topological polar surface area (TPSA) is 104 Å². The fourth-order valence-electron chi connectivity index (χ4n) is 5.21. The second-order valence-corrected chi connectivity index (χ2v) is 12.3. The Morgan fingerprint density at radius 3 is 2.66 bits per heavy atom. The van der Waals surface area contributed by atoms with Gasteiger partial charge in [-0.05, 0) is 76.3 Å². The molecule has 3 aromatic rings. The molecule has 2 aliphatic rings. The number of nitrogens with zero attached hydrogens (tertiary/aromatic N) is 4. The van der Waals surface area contributed by atoms with Gasteiger partial charge in [0.15, 0.2) is 0 Å². The summed E-state index contributed by atoms with van der Waals surface area (Å²) < 4.78 is 1.31. The lowest BCUT2D eigenvalue weighted by Gasteiger charge is -2.30. The Morgan fingerprint density at radius 2 is 2.00 bits per heavy atom. The van der Waals surface area contributed by atoms with Gasteiger partial charge in [0.2, 0.25) is 0 Å². The second kappa shape index (κ2) is 11.8. The van der Waals surface area contributed by atoms with Crippen LogP contribution in [0.4, 0.5) is 11.5 Å². The van der Waals surface area contributed by atoms with E-state index >= 15 is 0 Å². The Kier molecular flexibility index (Phi) is 8.67. The van der Waals surface area contributed by atoms with Crippen molar-refractivity contribution in [3.63, 3.8) is 0 Å². The van der Waals surface area contributed by atoms with Crippen molar-refractivity contribution in [2.45, 2.75) is 64.8 Å². The number of benzene rings is 1. The van der Waals surface area contributed by atoms with Crippen LogP contribution in [0, 0.1) is 5.92 Å². The van der Waals surface area contributed by atoms with Crippen molar-refractivity contribution in [1.82, 2.24) is 19.8 Å². The van der Waals surface area contributed by atoms with E-state index in [0.717, 1.165) is 36.9 Å². The SMILES string of the molecule is CCc1cc(NC(=O)C(=O)N2CCCC(C)C2)cnc1N.CN1CC(c2nc3ccccc3s2)CC1(C)C. The number of likely N-dealkylation sites (N-methyl/N-ethyl adjacent to an activating group) is 1. The predicted molar refractivity (Wildman–Crippen MR) is 155 cm³/mol. The van der Waals surface area contributed by atoms with E-state index in [1.165, 1.54) is 22.3 Å². The lowest BCUT2D eigenvalue weighted by Crippen LogP contribution is -2.44. The van der Waals surface area contributed by atoms with Crippen molar-refractivity contribution >= 4 is 44.9 Å². The van der Waals surface area contributed by atoms with Gasteiger partial charge < -0.3 is 20.9 Å². The first-order valence-electron chi connectivity index (χ1n) is 13.5. The second-order valence-electron chi connectivity index (χ2n) is 11.2. The zero-order valence-corrected chi connectivity index (χ0v) is 24.0. The third kappa shape index (κ3) is 6.50. The van der Waals surface area contributed by atoms with Crippen LogP contribution in [0.25, 0.3) is 10.2 Å². The van der Waals surface area contributed by atoms with Crippen LogP contribution >= 0.6 is 11.3 Å². The Bertz CT molecular complexity index is 1260. The summed E-state index contributed by atoms with van der Waals surface area (Å²) in [4.78, 5) is 37.1. The third-order valence-electron chi connectivity index (χ3n) is 7.71. The van der Waals surface area contributed by atoms with E-state index in [2.05, 4.69) is 67.3 Å². The van der Waals surface area contributed by atoms with Crippen molar-refractivity contribution in [2.75, 3.05) is 37.7 Å². The van der Waals surface area contributed by atoms with Gasteiger partial charge >= 0.3 is 11.8 Å². The molecular formula is C29H40N6O2S. The van der Waals surface area contributed by atoms with Gasteiger partial charge in [0.05, 0.1) is 27.1 Å². The van der Waals surface area contributed by atoms with Gasteiger partial charge in [-0.25, -0.2) is 9.97 Å². The number of carbonyl (C=O) groups is 2. The van der Waals surface area contributed by atoms with Gasteiger partial charge in [-0.15, -0.1) is 11.3 Å². The number of anilines is 2. The number of nitrogens with one attached hydrogen (secondary N) is 1. The minimum Gasteiger partial charge on any atom is -0.383 e. The molecule has 2 amide bonds.